The van der Waals surface area contributed by atoms with Gasteiger partial charge in [-0.15, -0.1) is 16.4 Å². The standard InChI is InChI=1S/C17H16N4O2S2/c1-11(16(22)19-12-6-3-4-7-14(12)23-2)25-17-20-13(10-18-21-17)15-8-5-9-24-15/h3-11H,1-2H3,(H,19,22)/t11-/m1/s1. The van der Waals surface area contributed by atoms with E-state index in [9.17, 15) is 4.79 Å². The molecule has 1 aromatic carbocycles. The van der Waals surface area contributed by atoms with Crippen LogP contribution in [0.25, 0.3) is 10.6 Å². The van der Waals surface area contributed by atoms with Crippen molar-refractivity contribution in [2.24, 2.45) is 0 Å². The number of para-hydroxylation sites is 2. The van der Waals surface area contributed by atoms with Crippen LogP contribution in [0, 0.1) is 0 Å². The Bertz CT molecular complexity index is 855. The maximum atomic E-state index is 12.4. The van der Waals surface area contributed by atoms with Crippen LogP contribution in [-0.4, -0.2) is 33.4 Å². The first-order valence-corrected chi connectivity index (χ1v) is 9.27. The maximum absolute atomic E-state index is 12.4. The maximum Gasteiger partial charge on any atom is 0.237 e. The Kier molecular flexibility index (Phi) is 5.62. The van der Waals surface area contributed by atoms with Gasteiger partial charge in [0.25, 0.3) is 0 Å². The molecule has 0 bridgehead atoms. The number of methoxy groups -OCH3 is 1. The summed E-state index contributed by atoms with van der Waals surface area (Å²) in [5, 5.41) is 12.9. The van der Waals surface area contributed by atoms with Gasteiger partial charge in [0.05, 0.1) is 29.1 Å². The number of amides is 1. The zero-order valence-electron chi connectivity index (χ0n) is 13.7. The fourth-order valence-electron chi connectivity index (χ4n) is 2.07. The summed E-state index contributed by atoms with van der Waals surface area (Å²) in [5.41, 5.74) is 1.39. The number of hydrogen-bond acceptors (Lipinski definition) is 7. The van der Waals surface area contributed by atoms with Crippen molar-refractivity contribution in [3.8, 4) is 16.3 Å². The topological polar surface area (TPSA) is 77.0 Å². The number of benzene rings is 1. The van der Waals surface area contributed by atoms with Crippen molar-refractivity contribution in [2.45, 2.75) is 17.3 Å². The molecule has 0 fully saturated rings. The van der Waals surface area contributed by atoms with Crippen molar-refractivity contribution >= 4 is 34.7 Å². The van der Waals surface area contributed by atoms with Crippen LogP contribution in [0.3, 0.4) is 0 Å². The number of thiophene rings is 1. The monoisotopic (exact) mass is 372 g/mol. The van der Waals surface area contributed by atoms with Crippen LogP contribution < -0.4 is 10.1 Å². The number of nitrogens with zero attached hydrogens (tertiary/aromatic N) is 3. The average Bonchev–Trinajstić information content (AvgIpc) is 3.17. The Labute approximate surface area is 153 Å². The van der Waals surface area contributed by atoms with Crippen LogP contribution in [0.4, 0.5) is 5.69 Å². The van der Waals surface area contributed by atoms with E-state index in [-0.39, 0.29) is 11.2 Å². The van der Waals surface area contributed by atoms with Crippen molar-refractivity contribution in [3.63, 3.8) is 0 Å². The molecule has 0 aliphatic heterocycles. The molecule has 1 atom stereocenters. The van der Waals surface area contributed by atoms with E-state index < -0.39 is 0 Å². The van der Waals surface area contributed by atoms with Crippen molar-refractivity contribution in [3.05, 3.63) is 48.0 Å². The van der Waals surface area contributed by atoms with Crippen LogP contribution in [0.5, 0.6) is 5.75 Å². The highest BCUT2D eigenvalue weighted by atomic mass is 32.2. The molecule has 0 aliphatic rings. The van der Waals surface area contributed by atoms with Gasteiger partial charge in [-0.25, -0.2) is 4.98 Å². The van der Waals surface area contributed by atoms with E-state index in [0.717, 1.165) is 10.6 Å². The molecule has 0 radical (unpaired) electrons. The first-order chi connectivity index (χ1) is 12.2. The highest BCUT2D eigenvalue weighted by Gasteiger charge is 2.18. The number of nitrogens with one attached hydrogen (secondary N) is 1. The summed E-state index contributed by atoms with van der Waals surface area (Å²) in [4.78, 5) is 17.9. The zero-order valence-corrected chi connectivity index (χ0v) is 15.3. The van der Waals surface area contributed by atoms with Gasteiger partial charge in [-0.2, -0.15) is 5.10 Å². The molecular formula is C17H16N4O2S2. The molecule has 25 heavy (non-hydrogen) atoms. The van der Waals surface area contributed by atoms with E-state index in [4.69, 9.17) is 4.74 Å². The molecule has 8 heteroatoms. The van der Waals surface area contributed by atoms with E-state index in [2.05, 4.69) is 20.5 Å². The van der Waals surface area contributed by atoms with Gasteiger partial charge in [0.15, 0.2) is 0 Å². The molecular weight excluding hydrogens is 356 g/mol. The van der Waals surface area contributed by atoms with Gasteiger partial charge in [-0.05, 0) is 30.5 Å². The molecule has 3 rings (SSSR count). The minimum absolute atomic E-state index is 0.153. The zero-order chi connectivity index (χ0) is 17.6. The third-order valence-corrected chi connectivity index (χ3v) is 5.17. The summed E-state index contributed by atoms with van der Waals surface area (Å²) in [7, 11) is 1.57. The van der Waals surface area contributed by atoms with Crippen molar-refractivity contribution in [1.82, 2.24) is 15.2 Å². The lowest BCUT2D eigenvalue weighted by Gasteiger charge is -2.13. The summed E-state index contributed by atoms with van der Waals surface area (Å²) in [5.74, 6) is 0.463. The molecule has 0 aliphatic carbocycles. The van der Waals surface area contributed by atoms with Gasteiger partial charge >= 0.3 is 0 Å². The Morgan fingerprint density at radius 3 is 2.88 bits per heavy atom. The fourth-order valence-corrected chi connectivity index (χ4v) is 3.48. The second kappa shape index (κ2) is 8.09. The van der Waals surface area contributed by atoms with Gasteiger partial charge in [-0.3, -0.25) is 4.79 Å². The van der Waals surface area contributed by atoms with Crippen molar-refractivity contribution < 1.29 is 9.53 Å². The summed E-state index contributed by atoms with van der Waals surface area (Å²) in [6.45, 7) is 1.80. The lowest BCUT2D eigenvalue weighted by molar-refractivity contribution is -0.115. The van der Waals surface area contributed by atoms with E-state index in [1.807, 2.05) is 29.6 Å². The Hall–Kier alpha value is -2.45. The molecule has 3 aromatic rings. The number of hydrogen-bond donors (Lipinski definition) is 1. The van der Waals surface area contributed by atoms with E-state index in [0.29, 0.717) is 16.6 Å². The molecule has 0 unspecified atom stereocenters. The lowest BCUT2D eigenvalue weighted by Crippen LogP contribution is -2.23. The summed E-state index contributed by atoms with van der Waals surface area (Å²) in [6, 6.07) is 11.2. The van der Waals surface area contributed by atoms with E-state index in [1.165, 1.54) is 11.8 Å². The predicted molar refractivity (Wildman–Crippen MR) is 100 cm³/mol. The quantitative estimate of drug-likeness (QED) is 0.665. The van der Waals surface area contributed by atoms with Crippen LogP contribution >= 0.6 is 23.1 Å². The summed E-state index contributed by atoms with van der Waals surface area (Å²) < 4.78 is 5.25. The van der Waals surface area contributed by atoms with Crippen LogP contribution in [0.2, 0.25) is 0 Å². The van der Waals surface area contributed by atoms with Crippen molar-refractivity contribution in [2.75, 3.05) is 12.4 Å². The molecule has 1 amide bonds. The third kappa shape index (κ3) is 4.34. The highest BCUT2D eigenvalue weighted by molar-refractivity contribution is 8.00. The molecule has 128 valence electrons. The predicted octanol–water partition coefficient (Wildman–Crippen LogP) is 3.73. The Balaban J connectivity index is 1.68. The van der Waals surface area contributed by atoms with Gasteiger partial charge in [0.1, 0.15) is 11.4 Å². The average molecular weight is 372 g/mol. The number of anilines is 1. The first-order valence-electron chi connectivity index (χ1n) is 7.51. The largest absolute Gasteiger partial charge is 0.495 e. The number of rotatable bonds is 6. The minimum Gasteiger partial charge on any atom is -0.495 e. The number of thioether (sulfide) groups is 1. The molecule has 0 saturated heterocycles. The third-order valence-electron chi connectivity index (χ3n) is 3.33. The molecule has 0 saturated carbocycles. The smallest absolute Gasteiger partial charge is 0.237 e. The van der Waals surface area contributed by atoms with Gasteiger partial charge in [-0.1, -0.05) is 30.0 Å². The number of carbonyl (C=O) groups is 1. The Morgan fingerprint density at radius 2 is 2.12 bits per heavy atom. The van der Waals surface area contributed by atoms with Crippen LogP contribution in [0.1, 0.15) is 6.92 Å². The second-order valence-corrected chi connectivity index (χ2v) is 7.31. The summed E-state index contributed by atoms with van der Waals surface area (Å²) in [6.07, 6.45) is 1.62. The highest BCUT2D eigenvalue weighted by Crippen LogP contribution is 2.27. The molecule has 1 N–H and O–H groups in total. The van der Waals surface area contributed by atoms with E-state index in [1.54, 1.807) is 43.7 Å². The summed E-state index contributed by atoms with van der Waals surface area (Å²) >= 11 is 2.85. The minimum atomic E-state index is -0.384. The lowest BCUT2D eigenvalue weighted by atomic mass is 10.3. The number of ether oxygens (including phenoxy) is 1. The SMILES string of the molecule is COc1ccccc1NC(=O)[C@@H](C)Sc1nncc(-c2cccs2)n1. The Morgan fingerprint density at radius 1 is 1.28 bits per heavy atom. The number of carbonyl (C=O) groups excluding carboxylic acids is 1. The number of aromatic nitrogens is 3. The van der Waals surface area contributed by atoms with E-state index >= 15 is 0 Å². The van der Waals surface area contributed by atoms with Gasteiger partial charge < -0.3 is 10.1 Å². The molecule has 2 heterocycles. The van der Waals surface area contributed by atoms with Gasteiger partial charge in [0, 0.05) is 0 Å². The van der Waals surface area contributed by atoms with Crippen LogP contribution in [-0.2, 0) is 4.79 Å². The van der Waals surface area contributed by atoms with Crippen molar-refractivity contribution in [1.29, 1.82) is 0 Å². The fraction of sp³-hybridized carbons (Fsp3) is 0.176. The first kappa shape index (κ1) is 17.4. The molecule has 0 spiro atoms. The normalized spacial score (nSPS) is 11.8. The second-order valence-electron chi connectivity index (χ2n) is 5.05. The van der Waals surface area contributed by atoms with Gasteiger partial charge in [0.2, 0.25) is 11.1 Å². The molecule has 6 nitrogen and oxygen atoms in total. The van der Waals surface area contributed by atoms with Crippen LogP contribution in [0.15, 0.2) is 53.1 Å². The molecule has 2 aromatic heterocycles.